The number of carboxylic acid groups (broad SMARTS) is 1. The molecule has 2 heterocycles. The van der Waals surface area contributed by atoms with Crippen LogP contribution in [0.4, 0.5) is 20.2 Å². The average molecular weight is 1300 g/mol. The number of carboxylic acids is 1. The van der Waals surface area contributed by atoms with Gasteiger partial charge < -0.3 is 44.9 Å². The van der Waals surface area contributed by atoms with Crippen molar-refractivity contribution in [3.8, 4) is 44.8 Å². The lowest BCUT2D eigenvalue weighted by Crippen LogP contribution is -2.38. The Labute approximate surface area is 564 Å². The minimum absolute atomic E-state index is 0.0974. The molecule has 15 heteroatoms. The Kier molecular flexibility index (Phi) is 22.8. The molecule has 0 bridgehead atoms. The number of carbonyl (C=O) groups is 4. The summed E-state index contributed by atoms with van der Waals surface area (Å²) in [4.78, 5) is 53.6. The predicted molar refractivity (Wildman–Crippen MR) is 377 cm³/mol. The third-order valence-electron chi connectivity index (χ3n) is 16.9. The zero-order valence-corrected chi connectivity index (χ0v) is 54.4. The van der Waals surface area contributed by atoms with Crippen LogP contribution in [0.25, 0.3) is 44.8 Å². The van der Waals surface area contributed by atoms with Gasteiger partial charge in [0.05, 0.1) is 47.6 Å². The summed E-state index contributed by atoms with van der Waals surface area (Å²) in [7, 11) is 0. The second kappa shape index (κ2) is 32.1. The Bertz CT molecular complexity index is 4360. The highest BCUT2D eigenvalue weighted by Gasteiger charge is 2.44. The van der Waals surface area contributed by atoms with E-state index in [2.05, 4.69) is 10.6 Å². The standard InChI is InChI=1S/C51H47FN2O5.C31H31FN2O4/c1-35(2)47-46(50(57)53-42-26-16-7-17-27-42)45(36-18-8-3-9-19-36)48(37-28-30-41(52)31-29-37)54(47)33-32-43(55)34-44(56)59-49(38-20-10-4-11-21-38)51(58,39-22-12-5-13-23-39)40-24-14-6-15-25-40;1-20(2)29-28(31(38)33-24-11-7-4-8-12-24)27(21-9-5-3-6-10-21)30(22-13-15-23(32)16-14-22)34(29)18-17-25(35)19-26(36)37/h3-31,35,43,49,55,58H,32-34H2,1-2H3,(H,53,57);3-16,20,25,35H,17-19H2,1-2H3,(H,33,38)(H,36,37)/t43?,49-;/m0./s1. The molecule has 2 amide bonds. The number of anilines is 2. The summed E-state index contributed by atoms with van der Waals surface area (Å²) < 4.78 is 38.5. The number of hydrogen-bond acceptors (Lipinski definition) is 8. The maximum Gasteiger partial charge on any atom is 0.309 e. The number of hydrogen-bond donors (Lipinski definition) is 6. The van der Waals surface area contributed by atoms with E-state index in [1.807, 2.05) is 213 Å². The molecule has 11 rings (SSSR count). The van der Waals surface area contributed by atoms with E-state index < -0.39 is 41.7 Å². The van der Waals surface area contributed by atoms with Gasteiger partial charge in [0, 0.05) is 47.0 Å². The molecule has 0 aliphatic rings. The normalized spacial score (nSPS) is 12.3. The van der Waals surface area contributed by atoms with E-state index in [0.717, 1.165) is 22.5 Å². The van der Waals surface area contributed by atoms with Crippen LogP contribution < -0.4 is 10.6 Å². The molecule has 0 fully saturated rings. The zero-order valence-electron chi connectivity index (χ0n) is 54.4. The maximum atomic E-state index is 14.5. The van der Waals surface area contributed by atoms with Gasteiger partial charge in [-0.25, -0.2) is 8.78 Å². The van der Waals surface area contributed by atoms with Gasteiger partial charge in [-0.05, 0) is 136 Å². The Hall–Kier alpha value is -10.8. The number of aromatic nitrogens is 2. The van der Waals surface area contributed by atoms with Crippen LogP contribution in [0, 0.1) is 11.6 Å². The van der Waals surface area contributed by atoms with Crippen molar-refractivity contribution in [2.24, 2.45) is 0 Å². The molecule has 11 aromatic rings. The number of nitrogens with zero attached hydrogens (tertiary/aromatic N) is 2. The van der Waals surface area contributed by atoms with Gasteiger partial charge in [-0.1, -0.05) is 216 Å². The van der Waals surface area contributed by atoms with Crippen LogP contribution in [0.3, 0.4) is 0 Å². The number of nitrogens with one attached hydrogen (secondary N) is 2. The van der Waals surface area contributed by atoms with Gasteiger partial charge in [-0.3, -0.25) is 19.2 Å². The average Bonchev–Trinajstić information content (AvgIpc) is 1.63. The zero-order chi connectivity index (χ0) is 68.6. The first kappa shape index (κ1) is 69.0. The largest absolute Gasteiger partial charge is 0.481 e. The van der Waals surface area contributed by atoms with Crippen LogP contribution >= 0.6 is 0 Å². The molecule has 0 aliphatic heterocycles. The number of halogens is 2. The van der Waals surface area contributed by atoms with Gasteiger partial charge in [-0.15, -0.1) is 0 Å². The lowest BCUT2D eigenvalue weighted by molar-refractivity contribution is -0.165. The van der Waals surface area contributed by atoms with Gasteiger partial charge in [0.2, 0.25) is 0 Å². The quantitative estimate of drug-likeness (QED) is 0.0302. The summed E-state index contributed by atoms with van der Waals surface area (Å²) in [5.41, 5.74) is 9.39. The van der Waals surface area contributed by atoms with Crippen molar-refractivity contribution >= 4 is 35.1 Å². The molecule has 0 saturated carbocycles. The lowest BCUT2D eigenvalue weighted by atomic mass is 9.79. The van der Waals surface area contributed by atoms with Crippen molar-refractivity contribution in [1.82, 2.24) is 9.13 Å². The first-order chi connectivity index (χ1) is 46.9. The number of ether oxygens (including phenoxy) is 1. The van der Waals surface area contributed by atoms with Crippen molar-refractivity contribution < 1.29 is 53.1 Å². The molecule has 2 aromatic heterocycles. The van der Waals surface area contributed by atoms with Crippen molar-refractivity contribution in [1.29, 1.82) is 0 Å². The highest BCUT2D eigenvalue weighted by molar-refractivity contribution is 6.13. The molecule has 13 nitrogen and oxygen atoms in total. The molecular weight excluding hydrogens is 1220 g/mol. The van der Waals surface area contributed by atoms with Crippen molar-refractivity contribution in [3.63, 3.8) is 0 Å². The van der Waals surface area contributed by atoms with E-state index in [-0.39, 0.29) is 68.2 Å². The molecule has 0 saturated heterocycles. The summed E-state index contributed by atoms with van der Waals surface area (Å²) in [6.45, 7) is 8.48. The third kappa shape index (κ3) is 16.5. The molecule has 0 aliphatic carbocycles. The van der Waals surface area contributed by atoms with Crippen molar-refractivity contribution in [2.45, 2.75) is 102 Å². The topological polar surface area (TPSA) is 192 Å². The van der Waals surface area contributed by atoms with Crippen molar-refractivity contribution in [2.75, 3.05) is 10.6 Å². The van der Waals surface area contributed by atoms with Crippen LogP contribution in [0.15, 0.2) is 261 Å². The van der Waals surface area contributed by atoms with Gasteiger partial charge in [0.25, 0.3) is 11.8 Å². The number of carbonyl (C=O) groups excluding carboxylic acids is 3. The highest BCUT2D eigenvalue weighted by Crippen LogP contribution is 2.47. The second-order valence-corrected chi connectivity index (χ2v) is 24.4. The number of esters is 1. The number of amides is 2. The predicted octanol–water partition coefficient (Wildman–Crippen LogP) is 17.3. The molecule has 6 N–H and O–H groups in total. The second-order valence-electron chi connectivity index (χ2n) is 24.4. The summed E-state index contributed by atoms with van der Waals surface area (Å²) in [5.74, 6) is -3.40. The Morgan fingerprint density at radius 2 is 0.773 bits per heavy atom. The Morgan fingerprint density at radius 3 is 1.12 bits per heavy atom. The molecule has 9 aromatic carbocycles. The van der Waals surface area contributed by atoms with Crippen LogP contribution in [0.2, 0.25) is 0 Å². The number of aliphatic carboxylic acids is 1. The molecule has 2 unspecified atom stereocenters. The fourth-order valence-corrected chi connectivity index (χ4v) is 12.6. The summed E-state index contributed by atoms with van der Waals surface area (Å²) in [6, 6.07) is 77.1. The van der Waals surface area contributed by atoms with Gasteiger partial charge >= 0.3 is 11.9 Å². The fraction of sp³-hybridized carbons (Fsp3) is 0.195. The monoisotopic (exact) mass is 1300 g/mol. The fourth-order valence-electron chi connectivity index (χ4n) is 12.6. The minimum atomic E-state index is -1.77. The summed E-state index contributed by atoms with van der Waals surface area (Å²) >= 11 is 0. The SMILES string of the molecule is CC(C)c1c(C(=O)Nc2ccccc2)c(-c2ccccc2)c(-c2ccc(F)cc2)n1CCC(O)CC(=O)O.CC(C)c1c(C(=O)Nc2ccccc2)c(-c2ccccc2)c(-c2ccc(F)cc2)n1CCC(O)CC(=O)O[C@@H](c1ccccc1)C(O)(c1ccccc1)c1ccccc1. The molecular formula is C82H78F2N4O9. The molecule has 494 valence electrons. The molecule has 97 heavy (non-hydrogen) atoms. The minimum Gasteiger partial charge on any atom is -0.481 e. The van der Waals surface area contributed by atoms with E-state index in [1.54, 1.807) is 60.7 Å². The third-order valence-corrected chi connectivity index (χ3v) is 16.9. The Morgan fingerprint density at radius 1 is 0.443 bits per heavy atom. The van der Waals surface area contributed by atoms with Crippen LogP contribution in [0.5, 0.6) is 0 Å². The van der Waals surface area contributed by atoms with Crippen molar-refractivity contribution in [3.05, 3.63) is 312 Å². The summed E-state index contributed by atoms with van der Waals surface area (Å²) in [6.07, 6.45) is -3.83. The van der Waals surface area contributed by atoms with Crippen LogP contribution in [-0.2, 0) is 33.0 Å². The number of benzene rings is 9. The summed E-state index contributed by atoms with van der Waals surface area (Å²) in [5, 5.41) is 49.9. The van der Waals surface area contributed by atoms with Gasteiger partial charge in [0.15, 0.2) is 11.7 Å². The first-order valence-electron chi connectivity index (χ1n) is 32.4. The van der Waals surface area contributed by atoms with E-state index in [0.29, 0.717) is 72.8 Å². The van der Waals surface area contributed by atoms with Gasteiger partial charge in [0.1, 0.15) is 11.6 Å². The lowest BCUT2D eigenvalue weighted by Gasteiger charge is -2.37. The number of aliphatic hydroxyl groups is 3. The highest BCUT2D eigenvalue weighted by atomic mass is 19.1. The van der Waals surface area contributed by atoms with E-state index in [4.69, 9.17) is 9.84 Å². The molecule has 3 atom stereocenters. The number of aliphatic hydroxyl groups excluding tert-OH is 2. The van der Waals surface area contributed by atoms with Gasteiger partial charge in [-0.2, -0.15) is 0 Å². The first-order valence-corrected chi connectivity index (χ1v) is 32.4. The molecule has 0 radical (unpaired) electrons. The number of rotatable bonds is 25. The Balaban J connectivity index is 0.000000232. The van der Waals surface area contributed by atoms with E-state index in [9.17, 15) is 43.3 Å². The smallest absolute Gasteiger partial charge is 0.309 e. The van der Waals surface area contributed by atoms with Crippen LogP contribution in [0.1, 0.15) is 120 Å². The van der Waals surface area contributed by atoms with E-state index >= 15 is 0 Å². The van der Waals surface area contributed by atoms with E-state index in [1.165, 1.54) is 24.3 Å². The maximum absolute atomic E-state index is 14.5. The van der Waals surface area contributed by atoms with Crippen LogP contribution in [-0.4, -0.2) is 65.5 Å². The number of para-hydroxylation sites is 2. The molecule has 0 spiro atoms.